The SMILES string of the molecule is C[NH+]1CCC=C(c2nsnc2SCCCCSc2nsnc2C2=CCC[NH+](C)C2)C1.[Cl-].[Cl-]. The van der Waals surface area contributed by atoms with Crippen LogP contribution < -0.4 is 34.6 Å². The molecule has 2 unspecified atom stereocenters. The first-order valence-corrected chi connectivity index (χ1v) is 14.1. The third-order valence-corrected chi connectivity index (χ3v) is 8.84. The number of nitrogens with one attached hydrogen (secondary N) is 2. The van der Waals surface area contributed by atoms with Crippen molar-refractivity contribution in [2.24, 2.45) is 0 Å². The molecule has 178 valence electrons. The summed E-state index contributed by atoms with van der Waals surface area (Å²) in [7, 11) is 4.51. The van der Waals surface area contributed by atoms with E-state index in [0.29, 0.717) is 0 Å². The quantitative estimate of drug-likeness (QED) is 0.242. The van der Waals surface area contributed by atoms with Crippen molar-refractivity contribution in [1.82, 2.24) is 17.5 Å². The van der Waals surface area contributed by atoms with E-state index in [1.165, 1.54) is 60.5 Å². The molecule has 2 N–H and O–H groups in total. The topological polar surface area (TPSA) is 60.4 Å². The average molecular weight is 554 g/mol. The molecule has 0 aromatic carbocycles. The van der Waals surface area contributed by atoms with E-state index in [0.717, 1.165) is 58.9 Å². The third kappa shape index (κ3) is 7.66. The van der Waals surface area contributed by atoms with Crippen LogP contribution in [0.2, 0.25) is 0 Å². The maximum atomic E-state index is 4.59. The highest BCUT2D eigenvalue weighted by Crippen LogP contribution is 2.29. The van der Waals surface area contributed by atoms with Crippen LogP contribution in [-0.2, 0) is 0 Å². The van der Waals surface area contributed by atoms with Gasteiger partial charge in [0.1, 0.15) is 34.5 Å². The Morgan fingerprint density at radius 2 is 1.19 bits per heavy atom. The van der Waals surface area contributed by atoms with E-state index in [9.17, 15) is 0 Å². The van der Waals surface area contributed by atoms with Gasteiger partial charge in [0, 0.05) is 24.0 Å². The summed E-state index contributed by atoms with van der Waals surface area (Å²) in [5, 5.41) is 2.24. The second-order valence-corrected chi connectivity index (χ2v) is 11.3. The van der Waals surface area contributed by atoms with Gasteiger partial charge in [-0.05, 0) is 24.3 Å². The molecule has 4 heterocycles. The van der Waals surface area contributed by atoms with E-state index < -0.39 is 0 Å². The number of nitrogens with zero attached hydrogens (tertiary/aromatic N) is 4. The second kappa shape index (κ2) is 14.3. The van der Waals surface area contributed by atoms with Crippen LogP contribution in [0, 0.1) is 0 Å². The fraction of sp³-hybridized carbons (Fsp3) is 0.600. The van der Waals surface area contributed by atoms with Gasteiger partial charge in [-0.3, -0.25) is 0 Å². The van der Waals surface area contributed by atoms with Gasteiger partial charge in [0.05, 0.1) is 50.6 Å². The minimum atomic E-state index is 0. The smallest absolute Gasteiger partial charge is 0.138 e. The number of quaternary nitrogens is 2. The molecule has 12 heteroatoms. The van der Waals surface area contributed by atoms with Crippen LogP contribution in [0.3, 0.4) is 0 Å². The van der Waals surface area contributed by atoms with Gasteiger partial charge in [-0.1, -0.05) is 12.2 Å². The van der Waals surface area contributed by atoms with E-state index in [1.54, 1.807) is 9.80 Å². The van der Waals surface area contributed by atoms with Gasteiger partial charge in [-0.2, -0.15) is 17.5 Å². The van der Waals surface area contributed by atoms with Crippen LogP contribution in [0.4, 0.5) is 0 Å². The molecular formula is C20H30Cl2N6S4. The molecule has 2 aliphatic rings. The number of hydrogen-bond acceptors (Lipinski definition) is 8. The summed E-state index contributed by atoms with van der Waals surface area (Å²) in [6.45, 7) is 4.56. The van der Waals surface area contributed by atoms with Gasteiger partial charge in [0.25, 0.3) is 0 Å². The molecule has 0 saturated heterocycles. The van der Waals surface area contributed by atoms with E-state index in [1.807, 2.05) is 23.5 Å². The van der Waals surface area contributed by atoms with Gasteiger partial charge in [0.15, 0.2) is 0 Å². The zero-order valence-electron chi connectivity index (χ0n) is 18.4. The molecule has 6 nitrogen and oxygen atoms in total. The number of aromatic nitrogens is 4. The Morgan fingerprint density at radius 1 is 0.750 bits per heavy atom. The number of halogens is 2. The molecule has 0 spiro atoms. The molecule has 2 aliphatic heterocycles. The fourth-order valence-corrected chi connectivity index (χ4v) is 7.22. The number of unbranched alkanes of at least 4 members (excludes halogenated alkanes) is 1. The minimum absolute atomic E-state index is 0. The summed E-state index contributed by atoms with van der Waals surface area (Å²) < 4.78 is 18.3. The molecule has 4 rings (SSSR count). The van der Waals surface area contributed by atoms with E-state index in [2.05, 4.69) is 43.7 Å². The van der Waals surface area contributed by atoms with Crippen molar-refractivity contribution in [2.75, 3.05) is 51.8 Å². The molecule has 2 aromatic heterocycles. The van der Waals surface area contributed by atoms with Crippen LogP contribution >= 0.6 is 47.0 Å². The summed E-state index contributed by atoms with van der Waals surface area (Å²) in [5.41, 5.74) is 5.01. The Bertz CT molecular complexity index is 828. The van der Waals surface area contributed by atoms with Crippen LogP contribution in [0.15, 0.2) is 22.2 Å². The summed E-state index contributed by atoms with van der Waals surface area (Å²) in [6, 6.07) is 0. The lowest BCUT2D eigenvalue weighted by molar-refractivity contribution is -0.872. The van der Waals surface area contributed by atoms with E-state index >= 15 is 0 Å². The molecule has 0 fully saturated rings. The Balaban J connectivity index is 0.00000181. The average Bonchev–Trinajstić information content (AvgIpc) is 3.40. The molecule has 32 heavy (non-hydrogen) atoms. The summed E-state index contributed by atoms with van der Waals surface area (Å²) >= 11 is 6.42. The number of thioether (sulfide) groups is 2. The van der Waals surface area contributed by atoms with Crippen molar-refractivity contribution in [1.29, 1.82) is 0 Å². The summed E-state index contributed by atoms with van der Waals surface area (Å²) in [4.78, 5) is 3.11. The first kappa shape index (κ1) is 28.0. The Morgan fingerprint density at radius 3 is 1.59 bits per heavy atom. The minimum Gasteiger partial charge on any atom is -1.00 e. The van der Waals surface area contributed by atoms with Crippen LogP contribution in [-0.4, -0.2) is 69.3 Å². The van der Waals surface area contributed by atoms with Gasteiger partial charge in [0.2, 0.25) is 0 Å². The van der Waals surface area contributed by atoms with Crippen molar-refractivity contribution in [3.63, 3.8) is 0 Å². The standard InChI is InChI=1S/C20H28N6S4.2ClH/c1-25-9-5-7-15(13-25)17-19(23-29-21-17)27-11-3-4-12-28-20-18(22-30-24-20)16-8-6-10-26(2)14-16;;/h7-8H,3-6,9-14H2,1-2H3;2*1H. The number of hydrogen-bond donors (Lipinski definition) is 2. The van der Waals surface area contributed by atoms with Crippen molar-refractivity contribution in [3.05, 3.63) is 23.5 Å². The van der Waals surface area contributed by atoms with Crippen LogP contribution in [0.25, 0.3) is 11.1 Å². The second-order valence-electron chi connectivity index (χ2n) is 8.04. The predicted octanol–water partition coefficient (Wildman–Crippen LogP) is -4.33. The molecule has 0 bridgehead atoms. The lowest BCUT2D eigenvalue weighted by atomic mass is 10.1. The van der Waals surface area contributed by atoms with Gasteiger partial charge >= 0.3 is 0 Å². The normalized spacial score (nSPS) is 20.7. The molecule has 0 aliphatic carbocycles. The first-order chi connectivity index (χ1) is 14.7. The first-order valence-electron chi connectivity index (χ1n) is 10.6. The Labute approximate surface area is 220 Å². The van der Waals surface area contributed by atoms with E-state index in [-0.39, 0.29) is 24.8 Å². The van der Waals surface area contributed by atoms with Crippen molar-refractivity contribution in [3.8, 4) is 0 Å². The third-order valence-electron chi connectivity index (χ3n) is 5.45. The monoisotopic (exact) mass is 552 g/mol. The van der Waals surface area contributed by atoms with Crippen molar-refractivity contribution >= 4 is 58.1 Å². The van der Waals surface area contributed by atoms with Crippen LogP contribution in [0.5, 0.6) is 0 Å². The molecule has 0 amide bonds. The van der Waals surface area contributed by atoms with Crippen molar-refractivity contribution < 1.29 is 34.6 Å². The van der Waals surface area contributed by atoms with Gasteiger partial charge in [-0.15, -0.1) is 23.5 Å². The van der Waals surface area contributed by atoms with E-state index in [4.69, 9.17) is 0 Å². The molecule has 2 atom stereocenters. The maximum Gasteiger partial charge on any atom is 0.138 e. The number of likely N-dealkylation sites (N-methyl/N-ethyl adjacent to an activating group) is 2. The largest absolute Gasteiger partial charge is 1.00 e. The van der Waals surface area contributed by atoms with Gasteiger partial charge < -0.3 is 34.6 Å². The summed E-state index contributed by atoms with van der Waals surface area (Å²) in [6.07, 6.45) is 9.35. The Kier molecular flexibility index (Phi) is 12.5. The fourth-order valence-electron chi connectivity index (χ4n) is 3.80. The molecule has 2 aromatic rings. The highest BCUT2D eigenvalue weighted by molar-refractivity contribution is 7.99. The van der Waals surface area contributed by atoms with Gasteiger partial charge in [-0.25, -0.2) is 0 Å². The number of rotatable bonds is 9. The zero-order valence-corrected chi connectivity index (χ0v) is 23.2. The maximum absolute atomic E-state index is 4.59. The zero-order chi connectivity index (χ0) is 20.8. The lowest BCUT2D eigenvalue weighted by Gasteiger charge is -2.19. The highest BCUT2D eigenvalue weighted by atomic mass is 35.5. The highest BCUT2D eigenvalue weighted by Gasteiger charge is 2.21. The Hall–Kier alpha value is -0.200. The van der Waals surface area contributed by atoms with Crippen molar-refractivity contribution in [2.45, 2.75) is 35.7 Å². The summed E-state index contributed by atoms with van der Waals surface area (Å²) in [5.74, 6) is 2.19. The molecule has 0 radical (unpaired) electrons. The molecular weight excluding hydrogens is 523 g/mol. The van der Waals surface area contributed by atoms with Crippen LogP contribution in [0.1, 0.15) is 37.1 Å². The predicted molar refractivity (Wildman–Crippen MR) is 129 cm³/mol. The lowest BCUT2D eigenvalue weighted by Crippen LogP contribution is -3.09. The molecule has 0 saturated carbocycles.